The molecule has 30 heavy (non-hydrogen) atoms. The second kappa shape index (κ2) is 8.31. The van der Waals surface area contributed by atoms with Crippen LogP contribution in [0.5, 0.6) is 11.5 Å². The third-order valence-corrected chi connectivity index (χ3v) is 4.90. The molecule has 1 aliphatic heterocycles. The molecule has 0 aliphatic carbocycles. The van der Waals surface area contributed by atoms with Gasteiger partial charge in [-0.05, 0) is 39.8 Å². The molecule has 0 saturated carbocycles. The summed E-state index contributed by atoms with van der Waals surface area (Å²) >= 11 is 0. The van der Waals surface area contributed by atoms with Crippen molar-refractivity contribution < 1.29 is 27.4 Å². The molecule has 0 radical (unpaired) electrons. The Morgan fingerprint density at radius 1 is 1.40 bits per heavy atom. The van der Waals surface area contributed by atoms with Gasteiger partial charge in [0.25, 0.3) is 0 Å². The van der Waals surface area contributed by atoms with Crippen LogP contribution in [0.2, 0.25) is 0 Å². The molecule has 2 atom stereocenters. The maximum atomic E-state index is 12.0. The fraction of sp³-hybridized carbons (Fsp3) is 0.579. The number of benzene rings is 1. The van der Waals surface area contributed by atoms with E-state index in [2.05, 4.69) is 15.1 Å². The summed E-state index contributed by atoms with van der Waals surface area (Å²) in [5, 5.41) is 8.05. The first-order valence-corrected chi connectivity index (χ1v) is 11.5. The zero-order chi connectivity index (χ0) is 22.1. The molecule has 0 spiro atoms. The lowest BCUT2D eigenvalue weighted by molar-refractivity contribution is 0.0503. The number of nitrogens with zero attached hydrogens (tertiary/aromatic N) is 2. The lowest BCUT2D eigenvalue weighted by Crippen LogP contribution is -2.41. The summed E-state index contributed by atoms with van der Waals surface area (Å²) in [6.45, 7) is 7.97. The Morgan fingerprint density at radius 3 is 2.80 bits per heavy atom. The number of hydrogen-bond donors (Lipinski definition) is 2. The number of fused-ring (bicyclic) bond motifs is 3. The predicted octanol–water partition coefficient (Wildman–Crippen LogP) is 1.64. The predicted molar refractivity (Wildman–Crippen MR) is 111 cm³/mol. The van der Waals surface area contributed by atoms with Gasteiger partial charge in [-0.25, -0.2) is 17.9 Å². The van der Waals surface area contributed by atoms with Gasteiger partial charge in [0.05, 0.1) is 25.5 Å². The largest absolute Gasteiger partial charge is 0.486 e. The van der Waals surface area contributed by atoms with E-state index in [1.165, 1.54) is 0 Å². The molecule has 1 aromatic carbocycles. The highest BCUT2D eigenvalue weighted by Crippen LogP contribution is 2.38. The molecule has 1 aromatic heterocycles. The first-order valence-electron chi connectivity index (χ1n) is 9.63. The summed E-state index contributed by atoms with van der Waals surface area (Å²) in [6.07, 6.45) is 1.83. The average molecular weight is 441 g/mol. The minimum Gasteiger partial charge on any atom is -0.486 e. The maximum absolute atomic E-state index is 12.0. The number of carbonyl (C=O) groups excluding carboxylic acids is 1. The molecule has 0 saturated heterocycles. The second-order valence-corrected chi connectivity index (χ2v) is 10.2. The highest BCUT2D eigenvalue weighted by molar-refractivity contribution is 7.88. The Bertz CT molecular complexity index is 1030. The SMILES string of the molecule is CC(Cn1ncc2ccc3c(c21)OC(CNS(C)(=O)=O)CO3)NC(=O)OC(C)(C)C. The van der Waals surface area contributed by atoms with Crippen LogP contribution in [0.3, 0.4) is 0 Å². The van der Waals surface area contributed by atoms with Gasteiger partial charge >= 0.3 is 6.09 Å². The number of amides is 1. The van der Waals surface area contributed by atoms with Gasteiger partial charge in [-0.15, -0.1) is 0 Å². The molecule has 0 fully saturated rings. The molecule has 1 amide bonds. The van der Waals surface area contributed by atoms with Crippen LogP contribution in [0, 0.1) is 0 Å². The van der Waals surface area contributed by atoms with Crippen LogP contribution in [0.15, 0.2) is 18.3 Å². The van der Waals surface area contributed by atoms with Crippen molar-refractivity contribution >= 4 is 27.0 Å². The molecular weight excluding hydrogens is 412 g/mol. The highest BCUT2D eigenvalue weighted by Gasteiger charge is 2.26. The van der Waals surface area contributed by atoms with Gasteiger partial charge in [0.1, 0.15) is 23.8 Å². The van der Waals surface area contributed by atoms with E-state index >= 15 is 0 Å². The monoisotopic (exact) mass is 440 g/mol. The van der Waals surface area contributed by atoms with E-state index in [1.807, 2.05) is 13.0 Å². The maximum Gasteiger partial charge on any atom is 0.407 e. The minimum atomic E-state index is -3.34. The summed E-state index contributed by atoms with van der Waals surface area (Å²) in [5.74, 6) is 1.06. The summed E-state index contributed by atoms with van der Waals surface area (Å²) in [7, 11) is -3.34. The van der Waals surface area contributed by atoms with Crippen LogP contribution < -0.4 is 19.5 Å². The van der Waals surface area contributed by atoms with Crippen LogP contribution in [0.25, 0.3) is 10.9 Å². The first kappa shape index (κ1) is 22.2. The van der Waals surface area contributed by atoms with E-state index in [4.69, 9.17) is 14.2 Å². The van der Waals surface area contributed by atoms with Gasteiger partial charge in [-0.2, -0.15) is 5.10 Å². The van der Waals surface area contributed by atoms with Crippen molar-refractivity contribution in [1.29, 1.82) is 0 Å². The van der Waals surface area contributed by atoms with Crippen molar-refractivity contribution in [2.24, 2.45) is 0 Å². The van der Waals surface area contributed by atoms with Crippen molar-refractivity contribution in [3.05, 3.63) is 18.3 Å². The summed E-state index contributed by atoms with van der Waals surface area (Å²) < 4.78 is 44.0. The normalized spacial score (nSPS) is 17.6. The summed E-state index contributed by atoms with van der Waals surface area (Å²) in [5.41, 5.74) is 0.135. The van der Waals surface area contributed by atoms with Gasteiger partial charge in [-0.3, -0.25) is 4.68 Å². The lowest BCUT2D eigenvalue weighted by atomic mass is 10.2. The number of carbonyl (C=O) groups is 1. The highest BCUT2D eigenvalue weighted by atomic mass is 32.2. The van der Waals surface area contributed by atoms with E-state index < -0.39 is 27.8 Å². The molecular formula is C19H28N4O6S. The molecule has 1 aliphatic rings. The molecule has 2 unspecified atom stereocenters. The van der Waals surface area contributed by atoms with Crippen LogP contribution in [-0.4, -0.2) is 61.4 Å². The van der Waals surface area contributed by atoms with Gasteiger partial charge in [0, 0.05) is 11.4 Å². The Hall–Kier alpha value is -2.53. The molecule has 11 heteroatoms. The van der Waals surface area contributed by atoms with E-state index in [-0.39, 0.29) is 19.2 Å². The number of sulfonamides is 1. The number of rotatable bonds is 6. The fourth-order valence-corrected chi connectivity index (χ4v) is 3.52. The summed E-state index contributed by atoms with van der Waals surface area (Å²) in [6, 6.07) is 3.42. The molecule has 0 bridgehead atoms. The Balaban J connectivity index is 1.77. The number of ether oxygens (including phenoxy) is 3. The molecule has 166 valence electrons. The van der Waals surface area contributed by atoms with Crippen molar-refractivity contribution in [2.75, 3.05) is 19.4 Å². The van der Waals surface area contributed by atoms with Crippen molar-refractivity contribution in [3.8, 4) is 11.5 Å². The Kier molecular flexibility index (Phi) is 6.14. The molecule has 3 rings (SSSR count). The molecule has 2 aromatic rings. The Labute approximate surface area is 175 Å². The number of hydrogen-bond acceptors (Lipinski definition) is 7. The van der Waals surface area contributed by atoms with Crippen molar-refractivity contribution in [3.63, 3.8) is 0 Å². The van der Waals surface area contributed by atoms with Crippen LogP contribution >= 0.6 is 0 Å². The van der Waals surface area contributed by atoms with Gasteiger partial charge < -0.3 is 19.5 Å². The smallest absolute Gasteiger partial charge is 0.407 e. The third-order valence-electron chi connectivity index (χ3n) is 4.21. The number of alkyl carbamates (subject to hydrolysis) is 1. The molecule has 2 heterocycles. The van der Waals surface area contributed by atoms with Crippen molar-refractivity contribution in [1.82, 2.24) is 19.8 Å². The topological polar surface area (TPSA) is 121 Å². The first-order chi connectivity index (χ1) is 13.9. The summed E-state index contributed by atoms with van der Waals surface area (Å²) in [4.78, 5) is 12.0. The van der Waals surface area contributed by atoms with Gasteiger partial charge in [0.15, 0.2) is 11.5 Å². The molecule has 2 N–H and O–H groups in total. The zero-order valence-electron chi connectivity index (χ0n) is 17.8. The van der Waals surface area contributed by atoms with Crippen LogP contribution in [0.4, 0.5) is 4.79 Å². The van der Waals surface area contributed by atoms with Crippen molar-refractivity contribution in [2.45, 2.75) is 52.0 Å². The minimum absolute atomic E-state index is 0.0966. The number of nitrogens with one attached hydrogen (secondary N) is 2. The molecule has 10 nitrogen and oxygen atoms in total. The third kappa shape index (κ3) is 5.76. The standard InChI is InChI=1S/C19H28N4O6S/c1-12(22-18(24)29-19(2,3)4)10-23-16-13(8-20-23)6-7-15-17(16)28-14(11-27-15)9-21-30(5,25)26/h6-8,12,14,21H,9-11H2,1-5H3,(H,22,24). The Morgan fingerprint density at radius 2 is 2.13 bits per heavy atom. The van der Waals surface area contributed by atoms with E-state index in [9.17, 15) is 13.2 Å². The second-order valence-electron chi connectivity index (χ2n) is 8.38. The zero-order valence-corrected chi connectivity index (χ0v) is 18.6. The fourth-order valence-electron chi connectivity index (χ4n) is 3.04. The van der Waals surface area contributed by atoms with E-state index in [0.29, 0.717) is 18.0 Å². The van der Waals surface area contributed by atoms with E-state index in [0.717, 1.165) is 17.2 Å². The van der Waals surface area contributed by atoms with Crippen LogP contribution in [-0.2, 0) is 21.3 Å². The quantitative estimate of drug-likeness (QED) is 0.700. The average Bonchev–Trinajstić information content (AvgIpc) is 3.00. The van der Waals surface area contributed by atoms with Crippen LogP contribution in [0.1, 0.15) is 27.7 Å². The van der Waals surface area contributed by atoms with Gasteiger partial charge in [0.2, 0.25) is 10.0 Å². The van der Waals surface area contributed by atoms with E-state index in [1.54, 1.807) is 37.7 Å². The lowest BCUT2D eigenvalue weighted by Gasteiger charge is -2.27. The number of aromatic nitrogens is 2. The van der Waals surface area contributed by atoms with Gasteiger partial charge in [-0.1, -0.05) is 0 Å².